The lowest BCUT2D eigenvalue weighted by Crippen LogP contribution is -2.14. The third-order valence-corrected chi connectivity index (χ3v) is 5.68. The lowest BCUT2D eigenvalue weighted by atomic mass is 10.0. The van der Waals surface area contributed by atoms with Gasteiger partial charge in [-0.05, 0) is 53.4 Å². The number of ether oxygens (including phenoxy) is 1. The number of benzene rings is 4. The van der Waals surface area contributed by atoms with Crippen LogP contribution in [-0.4, -0.2) is 5.91 Å². The van der Waals surface area contributed by atoms with E-state index >= 15 is 0 Å². The van der Waals surface area contributed by atoms with Gasteiger partial charge in [-0.1, -0.05) is 80.1 Å². The normalized spacial score (nSPS) is 10.9. The van der Waals surface area contributed by atoms with Crippen molar-refractivity contribution in [2.24, 2.45) is 5.92 Å². The van der Waals surface area contributed by atoms with E-state index in [-0.39, 0.29) is 5.91 Å². The number of hydrogen-bond donors (Lipinski definition) is 2. The van der Waals surface area contributed by atoms with Crippen molar-refractivity contribution >= 4 is 28.1 Å². The number of carbonyl (C=O) groups excluding carboxylic acids is 1. The first-order valence-electron chi connectivity index (χ1n) is 11.8. The lowest BCUT2D eigenvalue weighted by Gasteiger charge is -2.16. The Morgan fingerprint density at radius 2 is 1.68 bits per heavy atom. The van der Waals surface area contributed by atoms with E-state index in [4.69, 9.17) is 4.74 Å². The zero-order chi connectivity index (χ0) is 23.9. The van der Waals surface area contributed by atoms with E-state index in [2.05, 4.69) is 78.2 Å². The molecule has 4 heteroatoms. The zero-order valence-electron chi connectivity index (χ0n) is 20.1. The van der Waals surface area contributed by atoms with Crippen molar-refractivity contribution in [2.75, 3.05) is 10.6 Å². The molecule has 0 saturated heterocycles. The van der Waals surface area contributed by atoms with Gasteiger partial charge in [0.15, 0.2) is 0 Å². The minimum atomic E-state index is 0.0352. The molecule has 0 heterocycles. The molecule has 4 aromatic rings. The monoisotopic (exact) mass is 452 g/mol. The second-order valence-corrected chi connectivity index (χ2v) is 9.12. The van der Waals surface area contributed by atoms with E-state index in [0.717, 1.165) is 33.6 Å². The van der Waals surface area contributed by atoms with Gasteiger partial charge in [-0.2, -0.15) is 0 Å². The molecular weight excluding hydrogens is 420 g/mol. The third-order valence-electron chi connectivity index (χ3n) is 5.68. The number of rotatable bonds is 9. The van der Waals surface area contributed by atoms with Crippen molar-refractivity contribution in [1.82, 2.24) is 0 Å². The molecule has 2 N–H and O–H groups in total. The molecule has 174 valence electrons. The summed E-state index contributed by atoms with van der Waals surface area (Å²) in [5.41, 5.74) is 5.23. The summed E-state index contributed by atoms with van der Waals surface area (Å²) >= 11 is 0. The highest BCUT2D eigenvalue weighted by Gasteiger charge is 2.11. The number of amides is 1. The molecule has 0 aromatic heterocycles. The molecule has 0 spiro atoms. The van der Waals surface area contributed by atoms with Crippen LogP contribution in [-0.2, 0) is 17.9 Å². The molecule has 0 atom stereocenters. The Kier molecular flexibility index (Phi) is 7.48. The molecular formula is C30H32N2O2. The first-order chi connectivity index (χ1) is 16.5. The molecule has 1 amide bonds. The minimum Gasteiger partial charge on any atom is -0.489 e. The van der Waals surface area contributed by atoms with E-state index in [0.29, 0.717) is 25.5 Å². The van der Waals surface area contributed by atoms with Crippen molar-refractivity contribution in [3.05, 3.63) is 102 Å². The molecule has 34 heavy (non-hydrogen) atoms. The van der Waals surface area contributed by atoms with Crippen LogP contribution in [0.2, 0.25) is 0 Å². The summed E-state index contributed by atoms with van der Waals surface area (Å²) in [6.07, 6.45) is 0.509. The fraction of sp³-hybridized carbons (Fsp3) is 0.233. The molecule has 0 unspecified atom stereocenters. The maximum absolute atomic E-state index is 12.2. The molecule has 0 aliphatic carbocycles. The number of carbonyl (C=O) groups is 1. The van der Waals surface area contributed by atoms with Gasteiger partial charge in [0.25, 0.3) is 0 Å². The van der Waals surface area contributed by atoms with E-state index in [1.807, 2.05) is 38.1 Å². The summed E-state index contributed by atoms with van der Waals surface area (Å²) in [5, 5.41) is 8.86. The van der Waals surface area contributed by atoms with Crippen LogP contribution in [0.25, 0.3) is 10.8 Å². The largest absolute Gasteiger partial charge is 0.489 e. The van der Waals surface area contributed by atoms with Crippen LogP contribution in [0.15, 0.2) is 84.9 Å². The summed E-state index contributed by atoms with van der Waals surface area (Å²) < 4.78 is 6.29. The highest BCUT2D eigenvalue weighted by atomic mass is 16.5. The van der Waals surface area contributed by atoms with Crippen LogP contribution in [0.5, 0.6) is 5.75 Å². The van der Waals surface area contributed by atoms with Gasteiger partial charge in [-0.25, -0.2) is 0 Å². The SMILES string of the molecule is Cc1cccc(COc2ccc3ccccc3c2CNc2cccc(NC(=O)CC(C)C)c2)c1. The van der Waals surface area contributed by atoms with E-state index in [1.54, 1.807) is 0 Å². The summed E-state index contributed by atoms with van der Waals surface area (Å²) in [4.78, 5) is 12.2. The van der Waals surface area contributed by atoms with Gasteiger partial charge >= 0.3 is 0 Å². The first-order valence-corrected chi connectivity index (χ1v) is 11.8. The van der Waals surface area contributed by atoms with Gasteiger partial charge < -0.3 is 15.4 Å². The molecule has 0 aliphatic rings. The Bertz CT molecular complexity index is 1280. The molecule has 4 aromatic carbocycles. The van der Waals surface area contributed by atoms with Gasteiger partial charge in [-0.3, -0.25) is 4.79 Å². The van der Waals surface area contributed by atoms with Gasteiger partial charge in [0.1, 0.15) is 12.4 Å². The second-order valence-electron chi connectivity index (χ2n) is 9.12. The van der Waals surface area contributed by atoms with Crippen molar-refractivity contribution in [1.29, 1.82) is 0 Å². The molecule has 0 fully saturated rings. The summed E-state index contributed by atoms with van der Waals surface area (Å²) in [6.45, 7) is 7.30. The van der Waals surface area contributed by atoms with E-state index < -0.39 is 0 Å². The van der Waals surface area contributed by atoms with Crippen molar-refractivity contribution < 1.29 is 9.53 Å². The quantitative estimate of drug-likeness (QED) is 0.280. The van der Waals surface area contributed by atoms with Crippen LogP contribution in [0.4, 0.5) is 11.4 Å². The Balaban J connectivity index is 1.53. The smallest absolute Gasteiger partial charge is 0.224 e. The average molecular weight is 453 g/mol. The molecule has 0 radical (unpaired) electrons. The number of aryl methyl sites for hydroxylation is 1. The highest BCUT2D eigenvalue weighted by molar-refractivity contribution is 5.91. The molecule has 4 rings (SSSR count). The number of anilines is 2. The van der Waals surface area contributed by atoms with Gasteiger partial charge in [0.2, 0.25) is 5.91 Å². The number of fused-ring (bicyclic) bond motifs is 1. The fourth-order valence-electron chi connectivity index (χ4n) is 4.08. The molecule has 0 bridgehead atoms. The van der Waals surface area contributed by atoms with Crippen LogP contribution in [0.1, 0.15) is 37.0 Å². The summed E-state index contributed by atoms with van der Waals surface area (Å²) in [5.74, 6) is 1.23. The van der Waals surface area contributed by atoms with Crippen molar-refractivity contribution in [3.63, 3.8) is 0 Å². The Morgan fingerprint density at radius 3 is 2.50 bits per heavy atom. The second kappa shape index (κ2) is 10.9. The molecule has 0 saturated carbocycles. The predicted molar refractivity (Wildman–Crippen MR) is 141 cm³/mol. The maximum atomic E-state index is 12.2. The Labute approximate surface area is 202 Å². The Morgan fingerprint density at radius 1 is 0.882 bits per heavy atom. The summed E-state index contributed by atoms with van der Waals surface area (Å²) in [7, 11) is 0. The number of nitrogens with one attached hydrogen (secondary N) is 2. The van der Waals surface area contributed by atoms with Gasteiger partial charge in [-0.15, -0.1) is 0 Å². The van der Waals surface area contributed by atoms with Crippen LogP contribution in [0.3, 0.4) is 0 Å². The predicted octanol–water partition coefficient (Wildman–Crippen LogP) is 7.32. The molecule has 0 aliphatic heterocycles. The summed E-state index contributed by atoms with van der Waals surface area (Å²) in [6, 6.07) is 28.8. The van der Waals surface area contributed by atoms with Crippen LogP contribution < -0.4 is 15.4 Å². The number of hydrogen-bond acceptors (Lipinski definition) is 3. The van der Waals surface area contributed by atoms with Gasteiger partial charge in [0, 0.05) is 29.9 Å². The fourth-order valence-corrected chi connectivity index (χ4v) is 4.08. The van der Waals surface area contributed by atoms with E-state index in [9.17, 15) is 4.79 Å². The van der Waals surface area contributed by atoms with E-state index in [1.165, 1.54) is 10.9 Å². The maximum Gasteiger partial charge on any atom is 0.224 e. The van der Waals surface area contributed by atoms with Crippen LogP contribution >= 0.6 is 0 Å². The van der Waals surface area contributed by atoms with Crippen molar-refractivity contribution in [2.45, 2.75) is 40.3 Å². The minimum absolute atomic E-state index is 0.0352. The average Bonchev–Trinajstić information content (AvgIpc) is 2.81. The standard InChI is InChI=1S/C30H32N2O2/c1-21(2)16-30(33)32-26-12-7-11-25(18-26)31-19-28-27-13-5-4-10-24(27)14-15-29(28)34-20-23-9-6-8-22(3)17-23/h4-15,17-18,21,31H,16,19-20H2,1-3H3,(H,32,33). The topological polar surface area (TPSA) is 50.4 Å². The Hall–Kier alpha value is -3.79. The first kappa shape index (κ1) is 23.4. The third kappa shape index (κ3) is 6.16. The zero-order valence-corrected chi connectivity index (χ0v) is 20.1. The van der Waals surface area contributed by atoms with Gasteiger partial charge in [0.05, 0.1) is 0 Å². The van der Waals surface area contributed by atoms with Crippen molar-refractivity contribution in [3.8, 4) is 5.75 Å². The van der Waals surface area contributed by atoms with Crippen LogP contribution in [0, 0.1) is 12.8 Å². The highest BCUT2D eigenvalue weighted by Crippen LogP contribution is 2.30. The lowest BCUT2D eigenvalue weighted by molar-refractivity contribution is -0.116. The molecule has 4 nitrogen and oxygen atoms in total.